The molecule has 0 bridgehead atoms. The minimum Gasteiger partial charge on any atom is -0.316 e. The van der Waals surface area contributed by atoms with Crippen LogP contribution in [-0.2, 0) is 6.42 Å². The molecule has 0 aliphatic heterocycles. The lowest BCUT2D eigenvalue weighted by molar-refractivity contribution is 0.418. The van der Waals surface area contributed by atoms with Crippen LogP contribution in [0.4, 0.5) is 0 Å². The second-order valence-electron chi connectivity index (χ2n) is 6.49. The summed E-state index contributed by atoms with van der Waals surface area (Å²) in [5.74, 6) is 0.709. The maximum absolute atomic E-state index is 4.48. The van der Waals surface area contributed by atoms with Crippen molar-refractivity contribution in [3.63, 3.8) is 0 Å². The zero-order valence-corrected chi connectivity index (χ0v) is 13.5. The molecule has 2 nitrogen and oxygen atoms in total. The van der Waals surface area contributed by atoms with E-state index in [1.54, 1.807) is 0 Å². The number of nitrogens with zero attached hydrogens (tertiary/aromatic N) is 1. The predicted molar refractivity (Wildman–Crippen MR) is 79.5 cm³/mol. The van der Waals surface area contributed by atoms with Gasteiger partial charge >= 0.3 is 0 Å². The Kier molecular flexibility index (Phi) is 3.58. The van der Waals surface area contributed by atoms with Gasteiger partial charge in [0.2, 0.25) is 0 Å². The van der Waals surface area contributed by atoms with Gasteiger partial charge in [0.15, 0.2) is 0 Å². The van der Waals surface area contributed by atoms with Crippen molar-refractivity contribution in [2.75, 3.05) is 7.05 Å². The number of likely N-dealkylation sites (N-methyl/N-ethyl adjacent to an activating group) is 1. The summed E-state index contributed by atoms with van der Waals surface area (Å²) in [7, 11) is 2.06. The summed E-state index contributed by atoms with van der Waals surface area (Å²) in [6.45, 7) is 9.49. The molecular weight excluding hydrogens is 288 g/mol. The summed E-state index contributed by atoms with van der Waals surface area (Å²) in [5.41, 5.74) is 1.99. The molecule has 0 spiro atoms. The molecule has 1 fully saturated rings. The van der Waals surface area contributed by atoms with Crippen LogP contribution in [0.5, 0.6) is 0 Å². The van der Waals surface area contributed by atoms with Crippen molar-refractivity contribution >= 4 is 15.9 Å². The third-order valence-electron chi connectivity index (χ3n) is 5.12. The fraction of sp³-hybridized carbons (Fsp3) is 0.667. The highest BCUT2D eigenvalue weighted by atomic mass is 79.9. The Morgan fingerprint density at radius 2 is 1.89 bits per heavy atom. The number of halogens is 1. The Labute approximate surface area is 119 Å². The monoisotopic (exact) mass is 310 g/mol. The van der Waals surface area contributed by atoms with Crippen molar-refractivity contribution in [2.24, 2.45) is 16.7 Å². The highest BCUT2D eigenvalue weighted by Gasteiger charge is 2.66. The van der Waals surface area contributed by atoms with E-state index in [2.05, 4.69) is 73.1 Å². The first kappa shape index (κ1) is 14.0. The van der Waals surface area contributed by atoms with E-state index in [0.29, 0.717) is 22.8 Å². The molecule has 0 radical (unpaired) electrons. The fourth-order valence-electron chi connectivity index (χ4n) is 3.39. The summed E-state index contributed by atoms with van der Waals surface area (Å²) in [6.07, 6.45) is 2.88. The Hall–Kier alpha value is -0.410. The average Bonchev–Trinajstić information content (AvgIpc) is 2.70. The quantitative estimate of drug-likeness (QED) is 0.918. The van der Waals surface area contributed by atoms with Crippen LogP contribution in [0.1, 0.15) is 33.4 Å². The largest absolute Gasteiger partial charge is 0.316 e. The highest BCUT2D eigenvalue weighted by molar-refractivity contribution is 9.10. The van der Waals surface area contributed by atoms with Crippen LogP contribution < -0.4 is 5.32 Å². The molecule has 0 saturated heterocycles. The summed E-state index contributed by atoms with van der Waals surface area (Å²) >= 11 is 3.43. The number of pyridine rings is 1. The number of hydrogen-bond donors (Lipinski definition) is 1. The Morgan fingerprint density at radius 3 is 2.28 bits per heavy atom. The molecule has 1 aliphatic rings. The average molecular weight is 311 g/mol. The molecular formula is C15H23BrN2. The van der Waals surface area contributed by atoms with Crippen molar-refractivity contribution in [1.82, 2.24) is 10.3 Å². The maximum atomic E-state index is 4.48. The maximum Gasteiger partial charge on any atom is 0.0420 e. The van der Waals surface area contributed by atoms with Crippen LogP contribution in [0, 0.1) is 16.7 Å². The molecule has 18 heavy (non-hydrogen) atoms. The molecule has 3 heteroatoms. The minimum atomic E-state index is 0.413. The van der Waals surface area contributed by atoms with Crippen molar-refractivity contribution in [2.45, 2.75) is 40.2 Å². The number of nitrogens with one attached hydrogen (secondary N) is 1. The molecule has 1 heterocycles. The van der Waals surface area contributed by atoms with Gasteiger partial charge in [0.25, 0.3) is 0 Å². The molecule has 100 valence electrons. The smallest absolute Gasteiger partial charge is 0.0420 e. The number of hydrogen-bond acceptors (Lipinski definition) is 2. The van der Waals surface area contributed by atoms with E-state index in [1.165, 1.54) is 0 Å². The normalized spacial score (nSPS) is 22.8. The van der Waals surface area contributed by atoms with Gasteiger partial charge in [-0.2, -0.15) is 0 Å². The van der Waals surface area contributed by atoms with Gasteiger partial charge in [0.1, 0.15) is 0 Å². The Bertz CT molecular complexity index is 409. The molecule has 2 rings (SSSR count). The first-order chi connectivity index (χ1) is 8.30. The van der Waals surface area contributed by atoms with E-state index in [0.717, 1.165) is 16.6 Å². The molecule has 0 amide bonds. The number of rotatable bonds is 4. The highest BCUT2D eigenvalue weighted by Crippen LogP contribution is 2.69. The van der Waals surface area contributed by atoms with E-state index in [1.807, 2.05) is 6.20 Å². The second kappa shape index (κ2) is 4.61. The van der Waals surface area contributed by atoms with E-state index < -0.39 is 0 Å². The molecule has 1 unspecified atom stereocenters. The van der Waals surface area contributed by atoms with Crippen LogP contribution in [0.3, 0.4) is 0 Å². The molecule has 1 aliphatic carbocycles. The van der Waals surface area contributed by atoms with Crippen molar-refractivity contribution in [1.29, 1.82) is 0 Å². The molecule has 1 atom stereocenters. The van der Waals surface area contributed by atoms with Crippen LogP contribution >= 0.6 is 15.9 Å². The van der Waals surface area contributed by atoms with Crippen LogP contribution in [0.15, 0.2) is 22.8 Å². The third-order valence-corrected chi connectivity index (χ3v) is 5.59. The van der Waals surface area contributed by atoms with Crippen molar-refractivity contribution in [3.8, 4) is 0 Å². The number of aromatic nitrogens is 1. The van der Waals surface area contributed by atoms with E-state index in [-0.39, 0.29) is 0 Å². The zero-order chi connectivity index (χ0) is 13.6. The minimum absolute atomic E-state index is 0.413. The van der Waals surface area contributed by atoms with Gasteiger partial charge in [-0.1, -0.05) is 27.7 Å². The molecule has 1 aromatic rings. The van der Waals surface area contributed by atoms with Crippen LogP contribution in [0.2, 0.25) is 0 Å². The fourth-order valence-corrected chi connectivity index (χ4v) is 3.63. The van der Waals surface area contributed by atoms with Gasteiger partial charge in [-0.25, -0.2) is 0 Å². The van der Waals surface area contributed by atoms with Crippen molar-refractivity contribution < 1.29 is 0 Å². The third kappa shape index (κ3) is 2.23. The van der Waals surface area contributed by atoms with Gasteiger partial charge in [0.05, 0.1) is 0 Å². The summed E-state index contributed by atoms with van der Waals surface area (Å²) in [4.78, 5) is 4.48. The Morgan fingerprint density at radius 1 is 1.28 bits per heavy atom. The van der Waals surface area contributed by atoms with Gasteiger partial charge < -0.3 is 5.32 Å². The summed E-state index contributed by atoms with van der Waals surface area (Å²) in [6, 6.07) is 4.68. The van der Waals surface area contributed by atoms with Crippen molar-refractivity contribution in [3.05, 3.63) is 28.5 Å². The predicted octanol–water partition coefficient (Wildman–Crippen LogP) is 3.66. The zero-order valence-electron chi connectivity index (χ0n) is 11.9. The first-order valence-corrected chi connectivity index (χ1v) is 7.37. The first-order valence-electron chi connectivity index (χ1n) is 6.58. The topological polar surface area (TPSA) is 24.9 Å². The standard InChI is InChI=1S/C15H23BrN2/c1-14(2)13(15(14,3)4)12(17-5)8-11-7-6-10(16)9-18-11/h6-7,9,12-13,17H,8H2,1-5H3. The van der Waals surface area contributed by atoms with Crippen LogP contribution in [-0.4, -0.2) is 18.1 Å². The lowest BCUT2D eigenvalue weighted by Crippen LogP contribution is -2.32. The SMILES string of the molecule is CNC(Cc1ccc(Br)cn1)C1C(C)(C)C1(C)C. The Balaban J connectivity index is 2.10. The lowest BCUT2D eigenvalue weighted by atomic mass is 9.99. The molecule has 1 saturated carbocycles. The van der Waals surface area contributed by atoms with E-state index in [9.17, 15) is 0 Å². The molecule has 1 N–H and O–H groups in total. The van der Waals surface area contributed by atoms with E-state index >= 15 is 0 Å². The van der Waals surface area contributed by atoms with E-state index in [4.69, 9.17) is 0 Å². The second-order valence-corrected chi connectivity index (χ2v) is 7.40. The molecule has 1 aromatic heterocycles. The lowest BCUT2D eigenvalue weighted by Gasteiger charge is -2.18. The van der Waals surface area contributed by atoms with Gasteiger partial charge in [0, 0.05) is 28.8 Å². The summed E-state index contributed by atoms with van der Waals surface area (Å²) < 4.78 is 1.04. The van der Waals surface area contributed by atoms with Crippen LogP contribution in [0.25, 0.3) is 0 Å². The van der Waals surface area contributed by atoms with Gasteiger partial charge in [-0.3, -0.25) is 4.98 Å². The molecule has 0 aromatic carbocycles. The van der Waals surface area contributed by atoms with Gasteiger partial charge in [-0.05, 0) is 51.9 Å². The summed E-state index contributed by atoms with van der Waals surface area (Å²) in [5, 5.41) is 3.49. The van der Waals surface area contributed by atoms with Gasteiger partial charge in [-0.15, -0.1) is 0 Å².